The van der Waals surface area contributed by atoms with Gasteiger partial charge in [0.05, 0.1) is 4.88 Å². The van der Waals surface area contributed by atoms with Crippen LogP contribution in [0.5, 0.6) is 0 Å². The van der Waals surface area contributed by atoms with Crippen molar-refractivity contribution in [2.75, 3.05) is 0 Å². The molecule has 2 amide bonds. The van der Waals surface area contributed by atoms with Crippen LogP contribution < -0.4 is 5.73 Å². The second-order valence-electron chi connectivity index (χ2n) is 6.55. The molecule has 0 spiro atoms. The summed E-state index contributed by atoms with van der Waals surface area (Å²) in [5.74, 6) is -1.44. The molecule has 7 nitrogen and oxygen atoms in total. The van der Waals surface area contributed by atoms with Crippen LogP contribution in [0.2, 0.25) is 0 Å². The van der Waals surface area contributed by atoms with E-state index >= 15 is 0 Å². The quantitative estimate of drug-likeness (QED) is 0.810. The van der Waals surface area contributed by atoms with Gasteiger partial charge in [-0.3, -0.25) is 14.4 Å². The molecule has 0 saturated carbocycles. The minimum absolute atomic E-state index is 0.00818. The lowest BCUT2D eigenvalue weighted by molar-refractivity contribution is -0.155. The van der Waals surface area contributed by atoms with Gasteiger partial charge in [-0.2, -0.15) is 5.26 Å². The van der Waals surface area contributed by atoms with Crippen molar-refractivity contribution in [3.63, 3.8) is 0 Å². The van der Waals surface area contributed by atoms with Crippen LogP contribution >= 0.6 is 11.3 Å². The molecule has 128 valence electrons. The number of carbonyl (C=O) groups is 3. The van der Waals surface area contributed by atoms with Crippen molar-refractivity contribution in [1.82, 2.24) is 4.90 Å². The van der Waals surface area contributed by atoms with E-state index in [2.05, 4.69) is 0 Å². The average molecular weight is 349 g/mol. The molecule has 1 aromatic heterocycles. The molecule has 24 heavy (non-hydrogen) atoms. The molecule has 0 unspecified atom stereocenters. The van der Waals surface area contributed by atoms with Crippen LogP contribution in [0.25, 0.3) is 0 Å². The molecule has 0 saturated heterocycles. The Morgan fingerprint density at radius 1 is 1.50 bits per heavy atom. The summed E-state index contributed by atoms with van der Waals surface area (Å²) in [6, 6.07) is 2.76. The molecule has 1 atom stereocenters. The maximum atomic E-state index is 12.4. The monoisotopic (exact) mass is 349 g/mol. The van der Waals surface area contributed by atoms with Gasteiger partial charge in [0.1, 0.15) is 22.6 Å². The molecule has 1 aliphatic rings. The van der Waals surface area contributed by atoms with Crippen molar-refractivity contribution < 1.29 is 19.1 Å². The van der Waals surface area contributed by atoms with Gasteiger partial charge in [0.2, 0.25) is 5.91 Å². The number of amides is 2. The molecular formula is C16H19N3O4S. The van der Waals surface area contributed by atoms with E-state index in [-0.39, 0.29) is 25.3 Å². The summed E-state index contributed by atoms with van der Waals surface area (Å²) in [6.45, 7) is 5.48. The van der Waals surface area contributed by atoms with Gasteiger partial charge >= 0.3 is 5.97 Å². The minimum Gasteiger partial charge on any atom is -0.460 e. The number of nitrogens with two attached hydrogens (primary N) is 1. The van der Waals surface area contributed by atoms with Crippen molar-refractivity contribution in [3.05, 3.63) is 21.4 Å². The van der Waals surface area contributed by atoms with Gasteiger partial charge in [0.15, 0.2) is 0 Å². The van der Waals surface area contributed by atoms with Crippen LogP contribution in [0.1, 0.15) is 53.7 Å². The largest absolute Gasteiger partial charge is 0.460 e. The van der Waals surface area contributed by atoms with Gasteiger partial charge in [0.25, 0.3) is 5.91 Å². The average Bonchev–Trinajstić information content (AvgIpc) is 2.97. The van der Waals surface area contributed by atoms with Crippen molar-refractivity contribution in [2.24, 2.45) is 5.73 Å². The minimum atomic E-state index is -0.879. The van der Waals surface area contributed by atoms with Crippen LogP contribution in [-0.2, 0) is 20.9 Å². The molecule has 0 aliphatic carbocycles. The molecule has 2 rings (SSSR count). The van der Waals surface area contributed by atoms with E-state index in [4.69, 9.17) is 15.7 Å². The normalized spacial score (nSPS) is 14.9. The molecule has 2 N–H and O–H groups in total. The maximum Gasteiger partial charge on any atom is 0.306 e. The Morgan fingerprint density at radius 2 is 2.17 bits per heavy atom. The zero-order valence-electron chi connectivity index (χ0n) is 13.8. The fraction of sp³-hybridized carbons (Fsp3) is 0.500. The summed E-state index contributed by atoms with van der Waals surface area (Å²) in [4.78, 5) is 38.3. The van der Waals surface area contributed by atoms with E-state index in [1.54, 1.807) is 26.8 Å². The molecule has 0 radical (unpaired) electrons. The predicted octanol–water partition coefficient (Wildman–Crippen LogP) is 1.55. The first kappa shape index (κ1) is 17.9. The highest BCUT2D eigenvalue weighted by Crippen LogP contribution is 2.32. The standard InChI is InChI=1S/C16H19N3O4S/c1-16(2,3)23-12(20)5-4-11(14(18)21)19-8-9-6-10(7-17)24-13(9)15(19)22/h6,11H,4-5,8H2,1-3H3,(H2,18,21)/t11-/m0/s1. The van der Waals surface area contributed by atoms with Crippen LogP contribution in [0.4, 0.5) is 0 Å². The Kier molecular flexibility index (Phi) is 4.94. The van der Waals surface area contributed by atoms with Crippen molar-refractivity contribution in [2.45, 2.75) is 51.8 Å². The molecular weight excluding hydrogens is 330 g/mol. The number of thiophene rings is 1. The number of hydrogen-bond acceptors (Lipinski definition) is 6. The maximum absolute atomic E-state index is 12.4. The number of nitrogens with zero attached hydrogens (tertiary/aromatic N) is 2. The van der Waals surface area contributed by atoms with Crippen LogP contribution in [-0.4, -0.2) is 34.3 Å². The lowest BCUT2D eigenvalue weighted by Crippen LogP contribution is -2.45. The first-order valence-electron chi connectivity index (χ1n) is 7.47. The Hall–Kier alpha value is -2.40. The first-order valence-corrected chi connectivity index (χ1v) is 8.29. The molecule has 1 aromatic rings. The van der Waals surface area contributed by atoms with Gasteiger partial charge in [-0.1, -0.05) is 0 Å². The van der Waals surface area contributed by atoms with E-state index in [9.17, 15) is 14.4 Å². The van der Waals surface area contributed by atoms with Crippen LogP contribution in [0.15, 0.2) is 6.07 Å². The summed E-state index contributed by atoms with van der Waals surface area (Å²) in [5.41, 5.74) is 5.52. The fourth-order valence-electron chi connectivity index (χ4n) is 2.52. The van der Waals surface area contributed by atoms with Gasteiger partial charge in [-0.25, -0.2) is 0 Å². The number of nitriles is 1. The number of esters is 1. The number of ether oxygens (including phenoxy) is 1. The van der Waals surface area contributed by atoms with Gasteiger partial charge < -0.3 is 15.4 Å². The highest BCUT2D eigenvalue weighted by molar-refractivity contribution is 7.14. The molecule has 1 aliphatic heterocycles. The summed E-state index contributed by atoms with van der Waals surface area (Å²) in [5, 5.41) is 8.89. The molecule has 0 fully saturated rings. The second-order valence-corrected chi connectivity index (χ2v) is 7.61. The predicted molar refractivity (Wildman–Crippen MR) is 87.0 cm³/mol. The number of hydrogen-bond donors (Lipinski definition) is 1. The van der Waals surface area contributed by atoms with Gasteiger partial charge in [0, 0.05) is 13.0 Å². The summed E-state index contributed by atoms with van der Waals surface area (Å²) < 4.78 is 5.21. The topological polar surface area (TPSA) is 113 Å². The lowest BCUT2D eigenvalue weighted by atomic mass is 10.1. The number of carbonyl (C=O) groups excluding carboxylic acids is 3. The molecule has 0 aromatic carbocycles. The number of primary amides is 1. The summed E-state index contributed by atoms with van der Waals surface area (Å²) in [7, 11) is 0. The van der Waals surface area contributed by atoms with Crippen LogP contribution in [0, 0.1) is 11.3 Å². The summed E-state index contributed by atoms with van der Waals surface area (Å²) in [6.07, 6.45) is 0.0990. The third-order valence-electron chi connectivity index (χ3n) is 3.46. The third kappa shape index (κ3) is 3.92. The van der Waals surface area contributed by atoms with E-state index < -0.39 is 23.5 Å². The number of fused-ring (bicyclic) bond motifs is 1. The van der Waals surface area contributed by atoms with E-state index in [0.29, 0.717) is 15.3 Å². The number of rotatable bonds is 5. The smallest absolute Gasteiger partial charge is 0.306 e. The van der Waals surface area contributed by atoms with Crippen molar-refractivity contribution in [3.8, 4) is 6.07 Å². The van der Waals surface area contributed by atoms with Gasteiger partial charge in [-0.15, -0.1) is 11.3 Å². The van der Waals surface area contributed by atoms with E-state index in [1.165, 1.54) is 4.90 Å². The Labute approximate surface area is 144 Å². The highest BCUT2D eigenvalue weighted by Gasteiger charge is 2.37. The fourth-order valence-corrected chi connectivity index (χ4v) is 3.44. The Morgan fingerprint density at radius 3 is 2.67 bits per heavy atom. The first-order chi connectivity index (χ1) is 11.1. The Balaban J connectivity index is 2.06. The van der Waals surface area contributed by atoms with Crippen molar-refractivity contribution in [1.29, 1.82) is 5.26 Å². The highest BCUT2D eigenvalue weighted by atomic mass is 32.1. The lowest BCUT2D eigenvalue weighted by Gasteiger charge is -2.25. The Bertz CT molecular complexity index is 727. The summed E-state index contributed by atoms with van der Waals surface area (Å²) >= 11 is 1.10. The zero-order chi connectivity index (χ0) is 18.1. The third-order valence-corrected chi connectivity index (χ3v) is 4.53. The van der Waals surface area contributed by atoms with E-state index in [0.717, 1.165) is 11.3 Å². The SMILES string of the molecule is CC(C)(C)OC(=O)CC[C@@H](C(N)=O)N1Cc2cc(C#N)sc2C1=O. The molecule has 8 heteroatoms. The van der Waals surface area contributed by atoms with E-state index in [1.807, 2.05) is 6.07 Å². The zero-order valence-corrected chi connectivity index (χ0v) is 14.6. The van der Waals surface area contributed by atoms with Crippen LogP contribution in [0.3, 0.4) is 0 Å². The second kappa shape index (κ2) is 6.61. The molecule has 2 heterocycles. The van der Waals surface area contributed by atoms with Crippen molar-refractivity contribution >= 4 is 29.1 Å². The van der Waals surface area contributed by atoms with Gasteiger partial charge in [-0.05, 0) is 38.8 Å². The molecule has 0 bridgehead atoms.